The number of β-amino-alcohol motifs (C(OH)–C–C–N with tert-alkyl or cyclic N) is 1. The van der Waals surface area contributed by atoms with Gasteiger partial charge in [-0.2, -0.15) is 0 Å². The first kappa shape index (κ1) is 19.0. The highest BCUT2D eigenvalue weighted by Gasteiger charge is 2.31. The molecule has 1 aromatic carbocycles. The summed E-state index contributed by atoms with van der Waals surface area (Å²) >= 11 is 0. The lowest BCUT2D eigenvalue weighted by Crippen LogP contribution is -2.55. The molecule has 1 saturated heterocycles. The van der Waals surface area contributed by atoms with E-state index in [0.717, 1.165) is 12.8 Å². The third-order valence-electron chi connectivity index (χ3n) is 4.89. The zero-order valence-corrected chi connectivity index (χ0v) is 15.3. The summed E-state index contributed by atoms with van der Waals surface area (Å²) in [7, 11) is 0. The minimum absolute atomic E-state index is 0.0592. The van der Waals surface area contributed by atoms with Crippen molar-refractivity contribution in [1.29, 1.82) is 0 Å². The largest absolute Gasteiger partial charge is 0.389 e. The third-order valence-corrected chi connectivity index (χ3v) is 4.89. The summed E-state index contributed by atoms with van der Waals surface area (Å²) in [5.74, 6) is -0.173. The predicted octanol–water partition coefficient (Wildman–Crippen LogP) is 1.80. The van der Waals surface area contributed by atoms with Crippen LogP contribution in [0.25, 0.3) is 0 Å². The summed E-state index contributed by atoms with van der Waals surface area (Å²) in [5, 5.41) is 13.2. The van der Waals surface area contributed by atoms with Crippen LogP contribution < -0.4 is 5.32 Å². The first-order chi connectivity index (χ1) is 13.1. The smallest absolute Gasteiger partial charge is 0.251 e. The van der Waals surface area contributed by atoms with Gasteiger partial charge in [-0.15, -0.1) is 0 Å². The Morgan fingerprint density at radius 3 is 2.59 bits per heavy atom. The zero-order chi connectivity index (χ0) is 19.1. The van der Waals surface area contributed by atoms with Gasteiger partial charge in [-0.05, 0) is 37.0 Å². The van der Waals surface area contributed by atoms with Gasteiger partial charge in [-0.3, -0.25) is 14.6 Å². The van der Waals surface area contributed by atoms with Gasteiger partial charge in [-0.25, -0.2) is 0 Å². The molecule has 2 N–H and O–H groups in total. The average Bonchev–Trinajstić information content (AvgIpc) is 2.71. The van der Waals surface area contributed by atoms with E-state index in [2.05, 4.69) is 22.4 Å². The molecule has 0 spiro atoms. The van der Waals surface area contributed by atoms with Gasteiger partial charge in [0.15, 0.2) is 0 Å². The van der Waals surface area contributed by atoms with E-state index < -0.39 is 6.10 Å². The van der Waals surface area contributed by atoms with E-state index in [4.69, 9.17) is 0 Å². The van der Waals surface area contributed by atoms with Crippen molar-refractivity contribution < 1.29 is 14.7 Å². The lowest BCUT2D eigenvalue weighted by molar-refractivity contribution is -0.134. The molecule has 142 valence electrons. The number of amides is 2. The van der Waals surface area contributed by atoms with E-state index >= 15 is 0 Å². The number of nitrogens with zero attached hydrogens (tertiary/aromatic N) is 2. The number of benzene rings is 1. The Morgan fingerprint density at radius 2 is 1.89 bits per heavy atom. The molecule has 3 rings (SSSR count). The number of rotatable bonds is 6. The van der Waals surface area contributed by atoms with Gasteiger partial charge in [0.2, 0.25) is 5.91 Å². The summed E-state index contributed by atoms with van der Waals surface area (Å²) in [4.78, 5) is 30.2. The topological polar surface area (TPSA) is 82.5 Å². The minimum atomic E-state index is -0.761. The number of carbonyl (C=O) groups excluding carboxylic acids is 2. The molecule has 2 atom stereocenters. The molecule has 2 heterocycles. The van der Waals surface area contributed by atoms with Crippen LogP contribution in [-0.2, 0) is 11.2 Å². The second-order valence-corrected chi connectivity index (χ2v) is 6.85. The maximum absolute atomic E-state index is 12.4. The van der Waals surface area contributed by atoms with Gasteiger partial charge >= 0.3 is 0 Å². The van der Waals surface area contributed by atoms with Crippen LogP contribution >= 0.6 is 0 Å². The van der Waals surface area contributed by atoms with E-state index in [9.17, 15) is 14.7 Å². The molecule has 2 aromatic rings. The Morgan fingerprint density at radius 1 is 1.15 bits per heavy atom. The molecule has 1 aromatic heterocycles. The van der Waals surface area contributed by atoms with Crippen LogP contribution in [0.15, 0.2) is 54.9 Å². The predicted molar refractivity (Wildman–Crippen MR) is 102 cm³/mol. The fourth-order valence-electron chi connectivity index (χ4n) is 3.33. The molecule has 1 aliphatic heterocycles. The second kappa shape index (κ2) is 9.28. The van der Waals surface area contributed by atoms with Gasteiger partial charge in [0, 0.05) is 37.5 Å². The molecule has 27 heavy (non-hydrogen) atoms. The molecule has 2 amide bonds. The molecule has 6 nitrogen and oxygen atoms in total. The number of aliphatic hydroxyl groups excluding tert-OH is 1. The number of aromatic nitrogens is 1. The molecular formula is C21H25N3O3. The summed E-state index contributed by atoms with van der Waals surface area (Å²) < 4.78 is 0. The van der Waals surface area contributed by atoms with Crippen molar-refractivity contribution in [2.75, 3.05) is 13.1 Å². The summed E-state index contributed by atoms with van der Waals surface area (Å²) in [6, 6.07) is 13.0. The van der Waals surface area contributed by atoms with E-state index in [1.165, 1.54) is 5.56 Å². The molecule has 0 bridgehead atoms. The molecule has 0 saturated carbocycles. The summed E-state index contributed by atoms with van der Waals surface area (Å²) in [6.07, 6.45) is 5.02. The Balaban J connectivity index is 1.43. The van der Waals surface area contributed by atoms with Crippen LogP contribution in [0.5, 0.6) is 0 Å². The lowest BCUT2D eigenvalue weighted by atomic mass is 10.0. The Kier molecular flexibility index (Phi) is 6.54. The quantitative estimate of drug-likeness (QED) is 0.816. The highest BCUT2D eigenvalue weighted by atomic mass is 16.3. The number of aliphatic hydroxyl groups is 1. The van der Waals surface area contributed by atoms with Gasteiger partial charge < -0.3 is 15.3 Å². The molecule has 0 radical (unpaired) electrons. The van der Waals surface area contributed by atoms with Crippen LogP contribution in [0, 0.1) is 0 Å². The first-order valence-corrected chi connectivity index (χ1v) is 9.34. The lowest BCUT2D eigenvalue weighted by Gasteiger charge is -2.36. The van der Waals surface area contributed by atoms with Crippen LogP contribution in [0.2, 0.25) is 0 Å². The van der Waals surface area contributed by atoms with Crippen molar-refractivity contribution in [1.82, 2.24) is 15.2 Å². The Hall–Kier alpha value is -2.73. The van der Waals surface area contributed by atoms with Crippen molar-refractivity contribution >= 4 is 11.8 Å². The first-order valence-electron chi connectivity index (χ1n) is 9.34. The van der Waals surface area contributed by atoms with Gasteiger partial charge in [0.05, 0.1) is 12.1 Å². The van der Waals surface area contributed by atoms with E-state index in [1.54, 1.807) is 29.4 Å². The number of piperidine rings is 1. The number of pyridine rings is 1. The maximum Gasteiger partial charge on any atom is 0.251 e. The fraction of sp³-hybridized carbons (Fsp3) is 0.381. The van der Waals surface area contributed by atoms with Crippen molar-refractivity contribution in [3.05, 3.63) is 66.0 Å². The van der Waals surface area contributed by atoms with Gasteiger partial charge in [0.25, 0.3) is 5.91 Å². The number of likely N-dealkylation sites (tertiary alicyclic amines) is 1. The van der Waals surface area contributed by atoms with E-state index in [0.29, 0.717) is 24.9 Å². The number of hydrogen-bond acceptors (Lipinski definition) is 4. The molecule has 1 fully saturated rings. The van der Waals surface area contributed by atoms with E-state index in [1.807, 2.05) is 18.2 Å². The van der Waals surface area contributed by atoms with Crippen LogP contribution in [0.4, 0.5) is 0 Å². The molecule has 1 aliphatic rings. The van der Waals surface area contributed by atoms with Crippen molar-refractivity contribution in [2.24, 2.45) is 0 Å². The van der Waals surface area contributed by atoms with Crippen molar-refractivity contribution in [2.45, 2.75) is 37.8 Å². The van der Waals surface area contributed by atoms with Crippen molar-refractivity contribution in [3.63, 3.8) is 0 Å². The minimum Gasteiger partial charge on any atom is -0.389 e. The normalized spacial score (nSPS) is 19.5. The Labute approximate surface area is 159 Å². The van der Waals surface area contributed by atoms with E-state index in [-0.39, 0.29) is 24.4 Å². The number of nitrogens with one attached hydrogen (secondary N) is 1. The Bertz CT molecular complexity index is 752. The third kappa shape index (κ3) is 5.37. The number of carbonyl (C=O) groups is 2. The highest BCUT2D eigenvalue weighted by Crippen LogP contribution is 2.15. The fourth-order valence-corrected chi connectivity index (χ4v) is 3.33. The number of aryl methyl sites for hydroxylation is 1. The van der Waals surface area contributed by atoms with Crippen LogP contribution in [0.3, 0.4) is 0 Å². The van der Waals surface area contributed by atoms with Gasteiger partial charge in [-0.1, -0.05) is 30.3 Å². The molecular weight excluding hydrogens is 342 g/mol. The standard InChI is InChI=1S/C21H25N3O3/c25-19-15-24(20(26)8-4-7-16-5-2-1-3-6-16)14-11-18(19)23-21(27)17-9-12-22-13-10-17/h1-3,5-6,9-10,12-13,18-19,25H,4,7-8,11,14-15H2,(H,23,27)/t18-,19-/m1/s1. The molecule has 0 unspecified atom stereocenters. The van der Waals surface area contributed by atoms with Crippen LogP contribution in [0.1, 0.15) is 35.2 Å². The summed E-state index contributed by atoms with van der Waals surface area (Å²) in [6.45, 7) is 0.800. The average molecular weight is 367 g/mol. The molecule has 0 aliphatic carbocycles. The monoisotopic (exact) mass is 367 g/mol. The maximum atomic E-state index is 12.4. The highest BCUT2D eigenvalue weighted by molar-refractivity contribution is 5.94. The van der Waals surface area contributed by atoms with Crippen LogP contribution in [-0.4, -0.2) is 52.0 Å². The number of hydrogen-bond donors (Lipinski definition) is 2. The van der Waals surface area contributed by atoms with Crippen molar-refractivity contribution in [3.8, 4) is 0 Å². The summed E-state index contributed by atoms with van der Waals surface area (Å²) in [5.41, 5.74) is 1.74. The molecule has 6 heteroatoms. The second-order valence-electron chi connectivity index (χ2n) is 6.85. The van der Waals surface area contributed by atoms with Gasteiger partial charge in [0.1, 0.15) is 0 Å². The zero-order valence-electron chi connectivity index (χ0n) is 15.3. The SMILES string of the molecule is O=C(N[C@@H]1CCN(C(=O)CCCc2ccccc2)C[C@H]1O)c1ccncc1.